The first kappa shape index (κ1) is 13.1. The van der Waals surface area contributed by atoms with Gasteiger partial charge < -0.3 is 10.1 Å². The largest absolute Gasteiger partial charge is 0.465 e. The van der Waals surface area contributed by atoms with E-state index in [1.807, 2.05) is 5.32 Å². The third-order valence-corrected chi connectivity index (χ3v) is 2.05. The number of nitrogens with one attached hydrogen (secondary N) is 1. The zero-order chi connectivity index (χ0) is 13.2. The van der Waals surface area contributed by atoms with Crippen molar-refractivity contribution in [3.63, 3.8) is 0 Å². The molecule has 0 bridgehead atoms. The van der Waals surface area contributed by atoms with E-state index in [-0.39, 0.29) is 17.1 Å². The van der Waals surface area contributed by atoms with Crippen LogP contribution < -0.4 is 5.32 Å². The lowest BCUT2D eigenvalue weighted by atomic mass is 10.2. The number of anilines is 1. The molecule has 0 aliphatic carbocycles. The van der Waals surface area contributed by atoms with Crippen molar-refractivity contribution in [3.8, 4) is 0 Å². The van der Waals surface area contributed by atoms with Crippen LogP contribution in [0.4, 0.5) is 14.6 Å². The third-order valence-electron chi connectivity index (χ3n) is 2.05. The van der Waals surface area contributed by atoms with Gasteiger partial charge in [-0.2, -0.15) is 13.9 Å². The predicted octanol–water partition coefficient (Wildman–Crippen LogP) is 0.719. The first-order valence-corrected chi connectivity index (χ1v) is 4.59. The molecule has 94 valence electrons. The van der Waals surface area contributed by atoms with Gasteiger partial charge >= 0.3 is 12.4 Å². The van der Waals surface area contributed by atoms with Crippen LogP contribution in [0, 0.1) is 6.92 Å². The molecule has 1 rings (SSSR count). The summed E-state index contributed by atoms with van der Waals surface area (Å²) in [5.74, 6) is -2.36. The molecule has 0 atom stereocenters. The number of rotatable bonds is 3. The number of alkyl halides is 2. The molecule has 0 unspecified atom stereocenters. The maximum absolute atomic E-state index is 12.1. The Morgan fingerprint density at radius 1 is 1.47 bits per heavy atom. The van der Waals surface area contributed by atoms with E-state index in [1.54, 1.807) is 0 Å². The van der Waals surface area contributed by atoms with E-state index in [0.29, 0.717) is 0 Å². The van der Waals surface area contributed by atoms with E-state index in [0.717, 1.165) is 11.8 Å². The highest BCUT2D eigenvalue weighted by Gasteiger charge is 2.25. The SMILES string of the molecule is COC(=O)c1c(C)nn(C)c1NC(=O)C(F)F. The van der Waals surface area contributed by atoms with E-state index in [9.17, 15) is 18.4 Å². The molecule has 0 saturated carbocycles. The highest BCUT2D eigenvalue weighted by atomic mass is 19.3. The monoisotopic (exact) mass is 247 g/mol. The van der Waals surface area contributed by atoms with E-state index in [4.69, 9.17) is 0 Å². The standard InChI is InChI=1S/C9H11F2N3O3/c1-4-5(9(16)17-3)7(14(2)13-4)12-8(15)6(10)11/h6H,1-3H3,(H,12,15). The fraction of sp³-hybridized carbons (Fsp3) is 0.444. The van der Waals surface area contributed by atoms with Crippen LogP contribution in [0.2, 0.25) is 0 Å². The quantitative estimate of drug-likeness (QED) is 0.799. The van der Waals surface area contributed by atoms with Crippen LogP contribution in [0.15, 0.2) is 0 Å². The molecule has 0 spiro atoms. The maximum Gasteiger partial charge on any atom is 0.343 e. The summed E-state index contributed by atoms with van der Waals surface area (Å²) in [5, 5.41) is 5.77. The summed E-state index contributed by atoms with van der Waals surface area (Å²) >= 11 is 0. The van der Waals surface area contributed by atoms with Crippen LogP contribution in [-0.2, 0) is 16.6 Å². The normalized spacial score (nSPS) is 10.5. The molecule has 0 fully saturated rings. The average Bonchev–Trinajstić information content (AvgIpc) is 2.53. The highest BCUT2D eigenvalue weighted by Crippen LogP contribution is 2.20. The van der Waals surface area contributed by atoms with Gasteiger partial charge in [-0.05, 0) is 6.92 Å². The fourth-order valence-electron chi connectivity index (χ4n) is 1.32. The lowest BCUT2D eigenvalue weighted by Gasteiger charge is -2.06. The van der Waals surface area contributed by atoms with Gasteiger partial charge in [0.15, 0.2) is 0 Å². The Labute approximate surface area is 95.5 Å². The number of amides is 1. The molecule has 1 heterocycles. The molecule has 0 aromatic carbocycles. The van der Waals surface area contributed by atoms with E-state index >= 15 is 0 Å². The van der Waals surface area contributed by atoms with Crippen LogP contribution in [0.5, 0.6) is 0 Å². The predicted molar refractivity (Wildman–Crippen MR) is 53.9 cm³/mol. The minimum absolute atomic E-state index is 0.0380. The molecule has 0 aliphatic rings. The summed E-state index contributed by atoms with van der Waals surface area (Å²) in [7, 11) is 2.56. The van der Waals surface area contributed by atoms with Gasteiger partial charge in [0.2, 0.25) is 0 Å². The van der Waals surface area contributed by atoms with Crippen molar-refractivity contribution in [1.82, 2.24) is 9.78 Å². The highest BCUT2D eigenvalue weighted by molar-refractivity contribution is 6.01. The number of hydrogen-bond donors (Lipinski definition) is 1. The van der Waals surface area contributed by atoms with Crippen molar-refractivity contribution in [2.45, 2.75) is 13.3 Å². The first-order chi connectivity index (χ1) is 7.88. The Hall–Kier alpha value is -1.99. The van der Waals surface area contributed by atoms with Gasteiger partial charge in [-0.3, -0.25) is 9.48 Å². The second kappa shape index (κ2) is 4.89. The number of hydrogen-bond acceptors (Lipinski definition) is 4. The Morgan fingerprint density at radius 2 is 2.06 bits per heavy atom. The van der Waals surface area contributed by atoms with E-state index in [2.05, 4.69) is 9.84 Å². The van der Waals surface area contributed by atoms with Gasteiger partial charge in [0.25, 0.3) is 5.91 Å². The second-order valence-corrected chi connectivity index (χ2v) is 3.21. The molecule has 1 amide bonds. The Bertz CT molecular complexity index is 457. The summed E-state index contributed by atoms with van der Waals surface area (Å²) < 4.78 is 29.8. The smallest absolute Gasteiger partial charge is 0.343 e. The number of carbonyl (C=O) groups is 2. The van der Waals surface area contributed by atoms with Gasteiger partial charge in [-0.15, -0.1) is 0 Å². The Balaban J connectivity index is 3.14. The van der Waals surface area contributed by atoms with E-state index in [1.165, 1.54) is 14.0 Å². The Morgan fingerprint density at radius 3 is 2.53 bits per heavy atom. The topological polar surface area (TPSA) is 73.2 Å². The minimum atomic E-state index is -3.17. The Kier molecular flexibility index (Phi) is 3.77. The fourth-order valence-corrected chi connectivity index (χ4v) is 1.32. The van der Waals surface area contributed by atoms with Crippen molar-refractivity contribution in [2.24, 2.45) is 7.05 Å². The zero-order valence-corrected chi connectivity index (χ0v) is 9.45. The van der Waals surface area contributed by atoms with E-state index < -0.39 is 18.3 Å². The van der Waals surface area contributed by atoms with Gasteiger partial charge in [-0.1, -0.05) is 0 Å². The third kappa shape index (κ3) is 2.58. The number of halogens is 2. The summed E-state index contributed by atoms with van der Waals surface area (Å²) in [5.41, 5.74) is 0.243. The van der Waals surface area contributed by atoms with Crippen molar-refractivity contribution in [3.05, 3.63) is 11.3 Å². The van der Waals surface area contributed by atoms with Crippen molar-refractivity contribution < 1.29 is 23.1 Å². The molecule has 1 aromatic rings. The van der Waals surface area contributed by atoms with Crippen LogP contribution in [-0.4, -0.2) is 35.2 Å². The molecule has 1 aromatic heterocycles. The van der Waals surface area contributed by atoms with Gasteiger partial charge in [0.1, 0.15) is 11.4 Å². The second-order valence-electron chi connectivity index (χ2n) is 3.21. The minimum Gasteiger partial charge on any atom is -0.465 e. The molecule has 0 aliphatic heterocycles. The van der Waals surface area contributed by atoms with Gasteiger partial charge in [0, 0.05) is 7.05 Å². The maximum atomic E-state index is 12.1. The molecule has 6 nitrogen and oxygen atoms in total. The van der Waals surface area contributed by atoms with Crippen molar-refractivity contribution in [1.29, 1.82) is 0 Å². The molecule has 0 saturated heterocycles. The lowest BCUT2D eigenvalue weighted by Crippen LogP contribution is -2.23. The van der Waals surface area contributed by atoms with Gasteiger partial charge in [0.05, 0.1) is 12.8 Å². The molecule has 8 heteroatoms. The molecule has 17 heavy (non-hydrogen) atoms. The van der Waals surface area contributed by atoms with Crippen molar-refractivity contribution >= 4 is 17.7 Å². The number of nitrogens with zero attached hydrogens (tertiary/aromatic N) is 2. The molecule has 0 radical (unpaired) electrons. The van der Waals surface area contributed by atoms with Gasteiger partial charge in [-0.25, -0.2) is 4.79 Å². The number of ether oxygens (including phenoxy) is 1. The summed E-state index contributed by atoms with van der Waals surface area (Å²) in [6.45, 7) is 1.50. The van der Waals surface area contributed by atoms with Crippen LogP contribution in [0.1, 0.15) is 16.1 Å². The van der Waals surface area contributed by atoms with Crippen LogP contribution >= 0.6 is 0 Å². The molecular weight excluding hydrogens is 236 g/mol. The summed E-state index contributed by atoms with van der Waals surface area (Å²) in [6, 6.07) is 0. The molecule has 1 N–H and O–H groups in total. The number of esters is 1. The first-order valence-electron chi connectivity index (χ1n) is 4.59. The summed E-state index contributed by atoms with van der Waals surface area (Å²) in [4.78, 5) is 22.3. The summed E-state index contributed by atoms with van der Waals surface area (Å²) in [6.07, 6.45) is -3.17. The number of methoxy groups -OCH3 is 1. The average molecular weight is 247 g/mol. The number of aromatic nitrogens is 2. The molecular formula is C9H11F2N3O3. The van der Waals surface area contributed by atoms with Crippen molar-refractivity contribution in [2.75, 3.05) is 12.4 Å². The van der Waals surface area contributed by atoms with Crippen LogP contribution in [0.25, 0.3) is 0 Å². The van der Waals surface area contributed by atoms with Crippen LogP contribution in [0.3, 0.4) is 0 Å². The lowest BCUT2D eigenvalue weighted by molar-refractivity contribution is -0.126. The number of carbonyl (C=O) groups excluding carboxylic acids is 2. The zero-order valence-electron chi connectivity index (χ0n) is 9.45. The number of aryl methyl sites for hydroxylation is 2.